The van der Waals surface area contributed by atoms with Gasteiger partial charge >= 0.3 is 0 Å². The lowest BCUT2D eigenvalue weighted by atomic mass is 10.1. The van der Waals surface area contributed by atoms with E-state index < -0.39 is 0 Å². The Morgan fingerprint density at radius 1 is 1.15 bits per heavy atom. The minimum absolute atomic E-state index is 0.0139. The highest BCUT2D eigenvalue weighted by molar-refractivity contribution is 9.11. The average molecular weight is 422 g/mol. The number of hydrogen-bond acceptors (Lipinski definition) is 1. The molecule has 0 heterocycles. The topological polar surface area (TPSA) is 12.0 Å². The van der Waals surface area contributed by atoms with E-state index in [4.69, 9.17) is 11.6 Å². The number of rotatable bonds is 3. The molecule has 0 amide bonds. The lowest BCUT2D eigenvalue weighted by Crippen LogP contribution is -2.08. The largest absolute Gasteiger partial charge is 0.378 e. The SMILES string of the molecule is Cc1cc(Br)c(NC(C)c2ccc(F)cc2Br)cc1Cl. The third-order valence-electron chi connectivity index (χ3n) is 3.05. The van der Waals surface area contributed by atoms with Crippen molar-refractivity contribution in [1.29, 1.82) is 0 Å². The van der Waals surface area contributed by atoms with Crippen LogP contribution in [0.5, 0.6) is 0 Å². The highest BCUT2D eigenvalue weighted by atomic mass is 79.9. The Balaban J connectivity index is 2.27. The number of hydrogen-bond donors (Lipinski definition) is 1. The summed E-state index contributed by atoms with van der Waals surface area (Å²) in [6.45, 7) is 3.97. The van der Waals surface area contributed by atoms with Crippen molar-refractivity contribution >= 4 is 49.1 Å². The van der Waals surface area contributed by atoms with Crippen molar-refractivity contribution in [3.05, 3.63) is 61.2 Å². The Hall–Kier alpha value is -0.580. The van der Waals surface area contributed by atoms with Gasteiger partial charge in [-0.05, 0) is 65.2 Å². The molecule has 2 rings (SSSR count). The zero-order chi connectivity index (χ0) is 14.9. The Morgan fingerprint density at radius 3 is 2.50 bits per heavy atom. The summed E-state index contributed by atoms with van der Waals surface area (Å²) in [5, 5.41) is 4.08. The van der Waals surface area contributed by atoms with Crippen molar-refractivity contribution in [1.82, 2.24) is 0 Å². The van der Waals surface area contributed by atoms with Gasteiger partial charge in [0.15, 0.2) is 0 Å². The van der Waals surface area contributed by atoms with E-state index in [1.54, 1.807) is 6.07 Å². The maximum Gasteiger partial charge on any atom is 0.124 e. The first-order valence-electron chi connectivity index (χ1n) is 6.05. The van der Waals surface area contributed by atoms with Crippen molar-refractivity contribution in [2.75, 3.05) is 5.32 Å². The van der Waals surface area contributed by atoms with Gasteiger partial charge in [0.1, 0.15) is 5.82 Å². The molecule has 0 fully saturated rings. The van der Waals surface area contributed by atoms with Crippen LogP contribution in [0.1, 0.15) is 24.1 Å². The number of aryl methyl sites for hydroxylation is 1. The van der Waals surface area contributed by atoms with E-state index in [0.29, 0.717) is 5.02 Å². The molecule has 2 aromatic rings. The van der Waals surface area contributed by atoms with Crippen molar-refractivity contribution in [2.24, 2.45) is 0 Å². The maximum atomic E-state index is 13.1. The molecule has 1 N–H and O–H groups in total. The smallest absolute Gasteiger partial charge is 0.124 e. The van der Waals surface area contributed by atoms with Gasteiger partial charge in [0.05, 0.1) is 5.69 Å². The molecule has 20 heavy (non-hydrogen) atoms. The quantitative estimate of drug-likeness (QED) is 0.598. The highest BCUT2D eigenvalue weighted by Crippen LogP contribution is 2.33. The summed E-state index contributed by atoms with van der Waals surface area (Å²) in [4.78, 5) is 0. The molecule has 0 spiro atoms. The third kappa shape index (κ3) is 3.54. The van der Waals surface area contributed by atoms with Crippen LogP contribution in [0.3, 0.4) is 0 Å². The van der Waals surface area contributed by atoms with Crippen molar-refractivity contribution in [3.63, 3.8) is 0 Å². The van der Waals surface area contributed by atoms with Gasteiger partial charge in [-0.2, -0.15) is 0 Å². The zero-order valence-corrected chi connectivity index (χ0v) is 14.9. The molecule has 5 heteroatoms. The van der Waals surface area contributed by atoms with E-state index in [2.05, 4.69) is 37.2 Å². The Morgan fingerprint density at radius 2 is 1.85 bits per heavy atom. The van der Waals surface area contributed by atoms with Gasteiger partial charge in [0, 0.05) is 20.0 Å². The van der Waals surface area contributed by atoms with E-state index >= 15 is 0 Å². The molecule has 0 saturated carbocycles. The second kappa shape index (κ2) is 6.46. The fourth-order valence-corrected chi connectivity index (χ4v) is 3.35. The summed E-state index contributed by atoms with van der Waals surface area (Å²) in [6.07, 6.45) is 0. The Kier molecular flexibility index (Phi) is 5.10. The predicted molar refractivity (Wildman–Crippen MR) is 90.0 cm³/mol. The van der Waals surface area contributed by atoms with Gasteiger partial charge in [0.25, 0.3) is 0 Å². The minimum Gasteiger partial charge on any atom is -0.378 e. The Labute approximate surface area is 139 Å². The lowest BCUT2D eigenvalue weighted by Gasteiger charge is -2.19. The van der Waals surface area contributed by atoms with Crippen LogP contribution in [0.4, 0.5) is 10.1 Å². The van der Waals surface area contributed by atoms with Gasteiger partial charge in [-0.15, -0.1) is 0 Å². The summed E-state index contributed by atoms with van der Waals surface area (Å²) in [5.41, 5.74) is 2.90. The monoisotopic (exact) mass is 419 g/mol. The fourth-order valence-electron chi connectivity index (χ4n) is 1.92. The van der Waals surface area contributed by atoms with Gasteiger partial charge in [-0.3, -0.25) is 0 Å². The molecule has 1 atom stereocenters. The van der Waals surface area contributed by atoms with Crippen LogP contribution < -0.4 is 5.32 Å². The first kappa shape index (κ1) is 15.8. The van der Waals surface area contributed by atoms with E-state index in [0.717, 1.165) is 25.8 Å². The van der Waals surface area contributed by atoms with Crippen LogP contribution in [0.15, 0.2) is 39.3 Å². The lowest BCUT2D eigenvalue weighted by molar-refractivity contribution is 0.625. The zero-order valence-electron chi connectivity index (χ0n) is 11.0. The molecular formula is C15H13Br2ClFN. The van der Waals surface area contributed by atoms with Crippen molar-refractivity contribution < 1.29 is 4.39 Å². The second-order valence-corrected chi connectivity index (χ2v) is 6.73. The van der Waals surface area contributed by atoms with Crippen LogP contribution in [-0.4, -0.2) is 0 Å². The number of benzene rings is 2. The molecule has 1 unspecified atom stereocenters. The van der Waals surface area contributed by atoms with E-state index in [9.17, 15) is 4.39 Å². The number of halogens is 4. The van der Waals surface area contributed by atoms with Crippen LogP contribution >= 0.6 is 43.5 Å². The molecular weight excluding hydrogens is 408 g/mol. The summed E-state index contributed by atoms with van der Waals surface area (Å²) < 4.78 is 14.8. The number of anilines is 1. The molecule has 0 saturated heterocycles. The summed E-state index contributed by atoms with van der Waals surface area (Å²) in [7, 11) is 0. The highest BCUT2D eigenvalue weighted by Gasteiger charge is 2.12. The predicted octanol–water partition coefficient (Wildman–Crippen LogP) is 6.49. The minimum atomic E-state index is -0.257. The first-order chi connectivity index (χ1) is 9.38. The molecule has 2 aromatic carbocycles. The van der Waals surface area contributed by atoms with E-state index in [-0.39, 0.29) is 11.9 Å². The van der Waals surface area contributed by atoms with E-state index in [1.165, 1.54) is 12.1 Å². The van der Waals surface area contributed by atoms with Crippen LogP contribution in [-0.2, 0) is 0 Å². The van der Waals surface area contributed by atoms with Gasteiger partial charge in [-0.1, -0.05) is 33.6 Å². The molecule has 0 aliphatic heterocycles. The van der Waals surface area contributed by atoms with Gasteiger partial charge < -0.3 is 5.32 Å². The number of nitrogens with one attached hydrogen (secondary N) is 1. The summed E-state index contributed by atoms with van der Waals surface area (Å²) >= 11 is 13.1. The van der Waals surface area contributed by atoms with Gasteiger partial charge in [-0.25, -0.2) is 4.39 Å². The van der Waals surface area contributed by atoms with Crippen LogP contribution in [0.25, 0.3) is 0 Å². The van der Waals surface area contributed by atoms with Crippen molar-refractivity contribution in [3.8, 4) is 0 Å². The van der Waals surface area contributed by atoms with Crippen LogP contribution in [0.2, 0.25) is 5.02 Å². The second-order valence-electron chi connectivity index (χ2n) is 4.61. The van der Waals surface area contributed by atoms with E-state index in [1.807, 2.05) is 26.0 Å². The summed E-state index contributed by atoms with van der Waals surface area (Å²) in [5.74, 6) is -0.257. The van der Waals surface area contributed by atoms with Crippen molar-refractivity contribution in [2.45, 2.75) is 19.9 Å². The van der Waals surface area contributed by atoms with Crippen LogP contribution in [0, 0.1) is 12.7 Å². The summed E-state index contributed by atoms with van der Waals surface area (Å²) in [6, 6.07) is 8.55. The molecule has 0 aliphatic rings. The molecule has 0 aliphatic carbocycles. The molecule has 0 aromatic heterocycles. The molecule has 1 nitrogen and oxygen atoms in total. The first-order valence-corrected chi connectivity index (χ1v) is 8.02. The average Bonchev–Trinajstić information content (AvgIpc) is 2.35. The Bertz CT molecular complexity index is 646. The third-order valence-corrected chi connectivity index (χ3v) is 4.80. The molecule has 0 radical (unpaired) electrons. The normalized spacial score (nSPS) is 12.3. The van der Waals surface area contributed by atoms with Gasteiger partial charge in [0.2, 0.25) is 0 Å². The molecule has 106 valence electrons. The molecule has 0 bridgehead atoms. The fraction of sp³-hybridized carbons (Fsp3) is 0.200. The maximum absolute atomic E-state index is 13.1. The standard InChI is InChI=1S/C15H13Br2ClFN/c1-8-5-13(17)15(7-14(8)18)20-9(2)11-4-3-10(19)6-12(11)16/h3-7,9,20H,1-2H3.